The van der Waals surface area contributed by atoms with Crippen LogP contribution in [0.25, 0.3) is 0 Å². The van der Waals surface area contributed by atoms with Gasteiger partial charge in [-0.3, -0.25) is 19.4 Å². The number of aromatic nitrogens is 1. The predicted molar refractivity (Wildman–Crippen MR) is 114 cm³/mol. The van der Waals surface area contributed by atoms with E-state index in [9.17, 15) is 14.4 Å². The number of carbonyl (C=O) groups excluding carboxylic acids is 3. The van der Waals surface area contributed by atoms with Gasteiger partial charge in [-0.2, -0.15) is 0 Å². The van der Waals surface area contributed by atoms with Crippen molar-refractivity contribution in [2.45, 2.75) is 13.0 Å². The van der Waals surface area contributed by atoms with E-state index in [2.05, 4.69) is 15.6 Å². The molecule has 7 heteroatoms. The first-order chi connectivity index (χ1) is 14.5. The molecule has 1 heterocycles. The molecule has 152 valence electrons. The van der Waals surface area contributed by atoms with E-state index in [1.807, 2.05) is 6.07 Å². The van der Waals surface area contributed by atoms with Gasteiger partial charge in [0.05, 0.1) is 5.56 Å². The smallest absolute Gasteiger partial charge is 0.252 e. The third kappa shape index (κ3) is 5.75. The zero-order chi connectivity index (χ0) is 21.3. The summed E-state index contributed by atoms with van der Waals surface area (Å²) in [5.41, 5.74) is 1.88. The van der Waals surface area contributed by atoms with Crippen molar-refractivity contribution in [2.24, 2.45) is 0 Å². The lowest BCUT2D eigenvalue weighted by Crippen LogP contribution is -2.31. The van der Waals surface area contributed by atoms with Crippen molar-refractivity contribution in [2.75, 3.05) is 6.54 Å². The number of carbonyl (C=O) groups is 3. The number of benzene rings is 2. The molecule has 2 aromatic carbocycles. The second-order valence-corrected chi connectivity index (χ2v) is 6.96. The third-order valence-electron chi connectivity index (χ3n) is 4.37. The summed E-state index contributed by atoms with van der Waals surface area (Å²) in [7, 11) is 0. The van der Waals surface area contributed by atoms with E-state index in [4.69, 9.17) is 11.6 Å². The largest absolute Gasteiger partial charge is 0.352 e. The monoisotopic (exact) mass is 421 g/mol. The van der Waals surface area contributed by atoms with E-state index in [1.165, 1.54) is 0 Å². The molecule has 0 saturated heterocycles. The van der Waals surface area contributed by atoms with Crippen LogP contribution in [-0.2, 0) is 11.3 Å². The fourth-order valence-corrected chi connectivity index (χ4v) is 2.94. The number of ketones is 1. The minimum Gasteiger partial charge on any atom is -0.352 e. The normalized spacial score (nSPS) is 10.3. The van der Waals surface area contributed by atoms with E-state index in [0.717, 1.165) is 5.56 Å². The third-order valence-corrected chi connectivity index (χ3v) is 4.62. The van der Waals surface area contributed by atoms with Crippen molar-refractivity contribution < 1.29 is 14.4 Å². The highest BCUT2D eigenvalue weighted by atomic mass is 35.5. The highest BCUT2D eigenvalue weighted by Crippen LogP contribution is 2.17. The minimum absolute atomic E-state index is 0.124. The second kappa shape index (κ2) is 10.3. The highest BCUT2D eigenvalue weighted by molar-refractivity contribution is 6.30. The van der Waals surface area contributed by atoms with Crippen molar-refractivity contribution in [3.05, 3.63) is 100 Å². The van der Waals surface area contributed by atoms with Gasteiger partial charge in [-0.05, 0) is 42.0 Å². The lowest BCUT2D eigenvalue weighted by atomic mass is 9.98. The van der Waals surface area contributed by atoms with Gasteiger partial charge in [-0.1, -0.05) is 35.9 Å². The minimum atomic E-state index is -0.409. The van der Waals surface area contributed by atoms with E-state index in [1.54, 1.807) is 67.0 Å². The molecule has 0 radical (unpaired) electrons. The van der Waals surface area contributed by atoms with E-state index in [0.29, 0.717) is 22.7 Å². The van der Waals surface area contributed by atoms with Crippen LogP contribution in [0.15, 0.2) is 73.1 Å². The standard InChI is InChI=1S/C23H20ClN3O3/c24-18-9-7-17(8-10-18)22(29)19-5-1-2-6-20(19)23(30)26-13-11-21(28)27-15-16-4-3-12-25-14-16/h1-10,12,14H,11,13,15H2,(H,26,30)(H,27,28). The number of amides is 2. The predicted octanol–water partition coefficient (Wildman–Crippen LogP) is 3.40. The molecule has 0 bridgehead atoms. The van der Waals surface area contributed by atoms with Gasteiger partial charge >= 0.3 is 0 Å². The summed E-state index contributed by atoms with van der Waals surface area (Å²) in [6.07, 6.45) is 3.46. The number of hydrogen-bond acceptors (Lipinski definition) is 4. The molecule has 0 saturated carbocycles. The Morgan fingerprint density at radius 1 is 0.867 bits per heavy atom. The molecule has 2 amide bonds. The maximum atomic E-state index is 12.8. The van der Waals surface area contributed by atoms with Crippen LogP contribution >= 0.6 is 11.6 Å². The second-order valence-electron chi connectivity index (χ2n) is 6.53. The summed E-state index contributed by atoms with van der Waals surface area (Å²) in [5.74, 6) is -0.871. The molecule has 0 unspecified atom stereocenters. The number of halogens is 1. The first kappa shape index (κ1) is 21.2. The van der Waals surface area contributed by atoms with Gasteiger partial charge in [0.2, 0.25) is 5.91 Å². The molecule has 1 aromatic heterocycles. The van der Waals surface area contributed by atoms with Crippen LogP contribution in [0.3, 0.4) is 0 Å². The average molecular weight is 422 g/mol. The molecule has 0 spiro atoms. The van der Waals surface area contributed by atoms with Crippen LogP contribution in [0.4, 0.5) is 0 Å². The Morgan fingerprint density at radius 3 is 2.30 bits per heavy atom. The number of pyridine rings is 1. The molecule has 3 rings (SSSR count). The van der Waals surface area contributed by atoms with Crippen LogP contribution in [0.5, 0.6) is 0 Å². The Kier molecular flexibility index (Phi) is 7.29. The quantitative estimate of drug-likeness (QED) is 0.545. The molecule has 0 aliphatic rings. The SMILES string of the molecule is O=C(CCNC(=O)c1ccccc1C(=O)c1ccc(Cl)cc1)NCc1cccnc1. The zero-order valence-corrected chi connectivity index (χ0v) is 16.9. The van der Waals surface area contributed by atoms with Crippen LogP contribution in [-0.4, -0.2) is 29.1 Å². The van der Waals surface area contributed by atoms with Crippen LogP contribution in [0, 0.1) is 0 Å². The first-order valence-corrected chi connectivity index (χ1v) is 9.75. The summed E-state index contributed by atoms with van der Waals surface area (Å²) < 4.78 is 0. The van der Waals surface area contributed by atoms with Gasteiger partial charge < -0.3 is 10.6 Å². The van der Waals surface area contributed by atoms with Crippen molar-refractivity contribution in [1.82, 2.24) is 15.6 Å². The van der Waals surface area contributed by atoms with Gasteiger partial charge in [0, 0.05) is 48.1 Å². The molecule has 30 heavy (non-hydrogen) atoms. The van der Waals surface area contributed by atoms with Gasteiger partial charge in [0.25, 0.3) is 5.91 Å². The molecule has 3 aromatic rings. The zero-order valence-electron chi connectivity index (χ0n) is 16.1. The lowest BCUT2D eigenvalue weighted by Gasteiger charge is -2.10. The van der Waals surface area contributed by atoms with Crippen LogP contribution in [0.1, 0.15) is 38.3 Å². The Hall–Kier alpha value is -3.51. The molecule has 0 fully saturated rings. The maximum absolute atomic E-state index is 12.8. The lowest BCUT2D eigenvalue weighted by molar-refractivity contribution is -0.121. The number of hydrogen-bond donors (Lipinski definition) is 2. The molecule has 0 atom stereocenters. The molecular formula is C23H20ClN3O3. The summed E-state index contributed by atoms with van der Waals surface area (Å²) in [6.45, 7) is 0.528. The summed E-state index contributed by atoms with van der Waals surface area (Å²) in [5, 5.41) is 6.00. The molecule has 0 aliphatic heterocycles. The van der Waals surface area contributed by atoms with Crippen LogP contribution in [0.2, 0.25) is 5.02 Å². The Labute approximate surface area is 179 Å². The Bertz CT molecular complexity index is 1040. The van der Waals surface area contributed by atoms with E-state index < -0.39 is 5.91 Å². The Morgan fingerprint density at radius 2 is 1.60 bits per heavy atom. The van der Waals surface area contributed by atoms with Crippen molar-refractivity contribution in [3.8, 4) is 0 Å². The topological polar surface area (TPSA) is 88.2 Å². The summed E-state index contributed by atoms with van der Waals surface area (Å²) >= 11 is 5.87. The fraction of sp³-hybridized carbons (Fsp3) is 0.130. The summed E-state index contributed by atoms with van der Waals surface area (Å²) in [6, 6.07) is 16.7. The van der Waals surface area contributed by atoms with Crippen LogP contribution < -0.4 is 10.6 Å². The van der Waals surface area contributed by atoms with E-state index in [-0.39, 0.29) is 30.2 Å². The number of nitrogens with zero attached hydrogens (tertiary/aromatic N) is 1. The first-order valence-electron chi connectivity index (χ1n) is 9.37. The van der Waals surface area contributed by atoms with Gasteiger partial charge in [0.1, 0.15) is 0 Å². The molecule has 0 aliphatic carbocycles. The average Bonchev–Trinajstić information content (AvgIpc) is 2.78. The molecular weight excluding hydrogens is 402 g/mol. The maximum Gasteiger partial charge on any atom is 0.252 e. The van der Waals surface area contributed by atoms with Crippen molar-refractivity contribution in [1.29, 1.82) is 0 Å². The molecule has 6 nitrogen and oxygen atoms in total. The van der Waals surface area contributed by atoms with Crippen molar-refractivity contribution in [3.63, 3.8) is 0 Å². The summed E-state index contributed by atoms with van der Waals surface area (Å²) in [4.78, 5) is 41.3. The Balaban J connectivity index is 1.56. The van der Waals surface area contributed by atoms with E-state index >= 15 is 0 Å². The van der Waals surface area contributed by atoms with Gasteiger partial charge in [-0.25, -0.2) is 0 Å². The fourth-order valence-electron chi connectivity index (χ4n) is 2.81. The number of rotatable bonds is 8. The highest BCUT2D eigenvalue weighted by Gasteiger charge is 2.18. The number of nitrogens with one attached hydrogen (secondary N) is 2. The molecule has 2 N–H and O–H groups in total. The van der Waals surface area contributed by atoms with Gasteiger partial charge in [-0.15, -0.1) is 0 Å². The van der Waals surface area contributed by atoms with Crippen molar-refractivity contribution >= 4 is 29.2 Å². The van der Waals surface area contributed by atoms with Gasteiger partial charge in [0.15, 0.2) is 5.78 Å².